The quantitative estimate of drug-likeness (QED) is 0.461. The van der Waals surface area contributed by atoms with Crippen LogP contribution in [-0.4, -0.2) is 80.5 Å². The van der Waals surface area contributed by atoms with Crippen LogP contribution in [0.4, 0.5) is 9.59 Å². The minimum absolute atomic E-state index is 0.429. The van der Waals surface area contributed by atoms with E-state index in [0.717, 1.165) is 0 Å². The van der Waals surface area contributed by atoms with Gasteiger partial charge in [-0.15, -0.1) is 0 Å². The highest BCUT2D eigenvalue weighted by Gasteiger charge is 2.20. The molecular weight excluding hydrogens is 252 g/mol. The van der Waals surface area contributed by atoms with Crippen molar-refractivity contribution < 1.29 is 39.6 Å². The second kappa shape index (κ2) is 6.93. The van der Waals surface area contributed by atoms with Crippen LogP contribution < -0.4 is 0 Å². The molecule has 18 heavy (non-hydrogen) atoms. The van der Waals surface area contributed by atoms with Gasteiger partial charge in [0.15, 0.2) is 0 Å². The van der Waals surface area contributed by atoms with Crippen LogP contribution in [0.3, 0.4) is 0 Å². The van der Waals surface area contributed by atoms with Gasteiger partial charge in [0.05, 0.1) is 0 Å². The molecular formula is C8H12N2O8. The van der Waals surface area contributed by atoms with Crippen molar-refractivity contribution in [1.29, 1.82) is 0 Å². The number of carbonyl (C=O) groups is 4. The van der Waals surface area contributed by atoms with E-state index in [9.17, 15) is 19.2 Å². The van der Waals surface area contributed by atoms with Crippen LogP contribution in [0.25, 0.3) is 0 Å². The lowest BCUT2D eigenvalue weighted by atomic mass is 10.4. The van der Waals surface area contributed by atoms with E-state index in [0.29, 0.717) is 9.80 Å². The largest absolute Gasteiger partial charge is 0.480 e. The highest BCUT2D eigenvalue weighted by Crippen LogP contribution is 1.95. The lowest BCUT2D eigenvalue weighted by Gasteiger charge is -2.21. The Kier molecular flexibility index (Phi) is 5.96. The van der Waals surface area contributed by atoms with E-state index in [2.05, 4.69) is 0 Å². The lowest BCUT2D eigenvalue weighted by molar-refractivity contribution is -0.139. The zero-order valence-electron chi connectivity index (χ0n) is 9.14. The summed E-state index contributed by atoms with van der Waals surface area (Å²) in [4.78, 5) is 42.9. The average molecular weight is 264 g/mol. The highest BCUT2D eigenvalue weighted by atomic mass is 16.4. The first-order chi connectivity index (χ1) is 8.23. The van der Waals surface area contributed by atoms with Gasteiger partial charge in [-0.3, -0.25) is 19.4 Å². The maximum atomic E-state index is 10.6. The number of carboxylic acids is 2. The third-order valence-electron chi connectivity index (χ3n) is 1.83. The number of rotatable bonds is 7. The zero-order valence-corrected chi connectivity index (χ0v) is 9.14. The molecule has 102 valence electrons. The molecule has 0 aromatic heterocycles. The second-order valence-corrected chi connectivity index (χ2v) is 3.20. The number of nitrogens with zero attached hydrogens (tertiary/aromatic N) is 2. The van der Waals surface area contributed by atoms with Gasteiger partial charge < -0.3 is 20.4 Å². The predicted molar refractivity (Wildman–Crippen MR) is 54.5 cm³/mol. The molecule has 0 saturated carbocycles. The Morgan fingerprint density at radius 1 is 0.667 bits per heavy atom. The van der Waals surface area contributed by atoms with Gasteiger partial charge in [-0.2, -0.15) is 0 Å². The summed E-state index contributed by atoms with van der Waals surface area (Å²) < 4.78 is 0. The van der Waals surface area contributed by atoms with E-state index in [4.69, 9.17) is 20.4 Å². The number of amides is 2. The monoisotopic (exact) mass is 264 g/mol. The molecule has 0 bridgehead atoms. The van der Waals surface area contributed by atoms with Crippen molar-refractivity contribution in [2.24, 2.45) is 0 Å². The van der Waals surface area contributed by atoms with Gasteiger partial charge >= 0.3 is 24.1 Å². The molecule has 0 aliphatic rings. The summed E-state index contributed by atoms with van der Waals surface area (Å²) in [5, 5.41) is 34.1. The van der Waals surface area contributed by atoms with Crippen molar-refractivity contribution in [3.05, 3.63) is 0 Å². The van der Waals surface area contributed by atoms with Crippen molar-refractivity contribution in [1.82, 2.24) is 9.80 Å². The van der Waals surface area contributed by atoms with Crippen molar-refractivity contribution in [3.8, 4) is 0 Å². The Morgan fingerprint density at radius 3 is 1.11 bits per heavy atom. The summed E-state index contributed by atoms with van der Waals surface area (Å²) in [6.45, 7) is -2.48. The molecule has 0 aromatic carbocycles. The molecule has 0 rings (SSSR count). The van der Waals surface area contributed by atoms with Gasteiger partial charge in [-0.1, -0.05) is 0 Å². The molecule has 0 aliphatic heterocycles. The molecule has 0 saturated heterocycles. The normalized spacial score (nSPS) is 9.56. The molecule has 0 spiro atoms. The Balaban J connectivity index is 4.45. The van der Waals surface area contributed by atoms with Crippen LogP contribution >= 0.6 is 0 Å². The van der Waals surface area contributed by atoms with Gasteiger partial charge in [-0.05, 0) is 0 Å². The average Bonchev–Trinajstić information content (AvgIpc) is 2.20. The molecule has 10 nitrogen and oxygen atoms in total. The van der Waals surface area contributed by atoms with Crippen molar-refractivity contribution in [2.45, 2.75) is 0 Å². The predicted octanol–water partition coefficient (Wildman–Crippen LogP) is -0.884. The van der Waals surface area contributed by atoms with Crippen LogP contribution in [0.15, 0.2) is 0 Å². The smallest absolute Gasteiger partial charge is 0.407 e. The fourth-order valence-corrected chi connectivity index (χ4v) is 1.05. The Hall–Kier alpha value is -2.52. The fraction of sp³-hybridized carbons (Fsp3) is 0.500. The third kappa shape index (κ3) is 6.15. The number of hydrogen-bond acceptors (Lipinski definition) is 4. The second-order valence-electron chi connectivity index (χ2n) is 3.20. The number of carboxylic acid groups (broad SMARTS) is 4. The Bertz CT molecular complexity index is 321. The van der Waals surface area contributed by atoms with Gasteiger partial charge in [0.1, 0.15) is 13.1 Å². The summed E-state index contributed by atoms with van der Waals surface area (Å²) in [5.41, 5.74) is 0. The summed E-state index contributed by atoms with van der Waals surface area (Å²) in [5.74, 6) is -2.78. The number of aliphatic carboxylic acids is 2. The molecule has 0 aromatic rings. The Morgan fingerprint density at radius 2 is 0.944 bits per heavy atom. The van der Waals surface area contributed by atoms with E-state index in [1.165, 1.54) is 0 Å². The minimum Gasteiger partial charge on any atom is -0.480 e. The van der Waals surface area contributed by atoms with E-state index in [1.807, 2.05) is 0 Å². The standard InChI is InChI=1S/C8H12N2O8/c11-5(12)3-9(7(15)16)1-2-10(8(17)18)4-6(13)14/h1-4H2,(H,11,12)(H,13,14)(H,15,16)(H,17,18). The van der Waals surface area contributed by atoms with Crippen LogP contribution in [0, 0.1) is 0 Å². The third-order valence-corrected chi connectivity index (χ3v) is 1.83. The van der Waals surface area contributed by atoms with Gasteiger partial charge in [-0.25, -0.2) is 9.59 Å². The van der Waals surface area contributed by atoms with Crippen LogP contribution in [0.1, 0.15) is 0 Å². The molecule has 10 heteroatoms. The van der Waals surface area contributed by atoms with Gasteiger partial charge in [0.25, 0.3) is 0 Å². The molecule has 0 aliphatic carbocycles. The Labute approximate surface area is 101 Å². The fourth-order valence-electron chi connectivity index (χ4n) is 1.05. The lowest BCUT2D eigenvalue weighted by Crippen LogP contribution is -2.43. The van der Waals surface area contributed by atoms with E-state index in [-0.39, 0.29) is 0 Å². The summed E-state index contributed by atoms with van der Waals surface area (Å²) >= 11 is 0. The van der Waals surface area contributed by atoms with Crippen LogP contribution in [-0.2, 0) is 9.59 Å². The maximum Gasteiger partial charge on any atom is 0.407 e. The summed E-state index contributed by atoms with van der Waals surface area (Å²) in [7, 11) is 0. The van der Waals surface area contributed by atoms with Crippen molar-refractivity contribution >= 4 is 24.1 Å². The molecule has 0 heterocycles. The molecule has 0 atom stereocenters. The summed E-state index contributed by atoms with van der Waals surface area (Å²) in [6.07, 6.45) is -3.06. The SMILES string of the molecule is O=C(O)CN(CCN(CC(=O)O)C(=O)O)C(=O)O. The van der Waals surface area contributed by atoms with Crippen molar-refractivity contribution in [2.75, 3.05) is 26.2 Å². The maximum absolute atomic E-state index is 10.6. The van der Waals surface area contributed by atoms with E-state index < -0.39 is 50.3 Å². The minimum atomic E-state index is -1.53. The summed E-state index contributed by atoms with van der Waals surface area (Å²) in [6, 6.07) is 0. The first kappa shape index (κ1) is 15.5. The van der Waals surface area contributed by atoms with E-state index >= 15 is 0 Å². The molecule has 0 fully saturated rings. The zero-order chi connectivity index (χ0) is 14.3. The first-order valence-electron chi connectivity index (χ1n) is 4.63. The van der Waals surface area contributed by atoms with Crippen LogP contribution in [0.5, 0.6) is 0 Å². The highest BCUT2D eigenvalue weighted by molar-refractivity contribution is 5.76. The molecule has 0 radical (unpaired) electrons. The van der Waals surface area contributed by atoms with Gasteiger partial charge in [0.2, 0.25) is 0 Å². The molecule has 4 N–H and O–H groups in total. The van der Waals surface area contributed by atoms with E-state index in [1.54, 1.807) is 0 Å². The topological polar surface area (TPSA) is 156 Å². The van der Waals surface area contributed by atoms with Crippen molar-refractivity contribution in [3.63, 3.8) is 0 Å². The molecule has 2 amide bonds. The number of hydrogen-bond donors (Lipinski definition) is 4. The van der Waals surface area contributed by atoms with Crippen LogP contribution in [0.2, 0.25) is 0 Å². The first-order valence-corrected chi connectivity index (χ1v) is 4.63. The molecule has 0 unspecified atom stereocenters. The van der Waals surface area contributed by atoms with Gasteiger partial charge in [0, 0.05) is 13.1 Å².